The summed E-state index contributed by atoms with van der Waals surface area (Å²) in [5, 5.41) is 0.577. The van der Waals surface area contributed by atoms with Crippen LogP contribution in [0, 0.1) is 0 Å². The third-order valence-electron chi connectivity index (χ3n) is 8.67. The number of hydrogen-bond acceptors (Lipinski definition) is 7. The van der Waals surface area contributed by atoms with E-state index in [1.165, 1.54) is 4.90 Å². The molecule has 3 heterocycles. The first-order valence-electron chi connectivity index (χ1n) is 15.3. The predicted molar refractivity (Wildman–Crippen MR) is 176 cm³/mol. The molecule has 3 aliphatic heterocycles. The summed E-state index contributed by atoms with van der Waals surface area (Å²) in [6, 6.07) is 18.6. The van der Waals surface area contributed by atoms with E-state index in [0.717, 1.165) is 29.8 Å². The first kappa shape index (κ1) is 32.3. The molecule has 0 aromatic heterocycles. The molecule has 0 N–H and O–H groups in total. The lowest BCUT2D eigenvalue weighted by Crippen LogP contribution is -2.48. The average Bonchev–Trinajstić information content (AvgIpc) is 3.09. The molecule has 46 heavy (non-hydrogen) atoms. The van der Waals surface area contributed by atoms with Crippen LogP contribution in [0.1, 0.15) is 22.0 Å². The lowest BCUT2D eigenvalue weighted by atomic mass is 9.98. The van der Waals surface area contributed by atoms with E-state index in [0.29, 0.717) is 68.1 Å². The SMILES string of the molecule is CN(C(=O)CN1C(=O)COc2cc(Cl)c(Cl)cc21)[C@@H](CN1CCOCC1)c1ccc(-c2cccc(C(=O)N3CCOCC3)c2)cc1. The fraction of sp³-hybridized carbons (Fsp3) is 0.382. The minimum Gasteiger partial charge on any atom is -0.482 e. The monoisotopic (exact) mass is 666 g/mol. The lowest BCUT2D eigenvalue weighted by molar-refractivity contribution is -0.133. The molecule has 3 aliphatic rings. The van der Waals surface area contributed by atoms with Crippen LogP contribution in [0.2, 0.25) is 10.0 Å². The summed E-state index contributed by atoms with van der Waals surface area (Å²) in [7, 11) is 1.77. The number of carbonyl (C=O) groups excluding carboxylic acids is 3. The number of fused-ring (bicyclic) bond motifs is 1. The maximum absolute atomic E-state index is 13.8. The van der Waals surface area contributed by atoms with Crippen LogP contribution in [0.5, 0.6) is 5.75 Å². The number of hydrogen-bond donors (Lipinski definition) is 0. The van der Waals surface area contributed by atoms with Gasteiger partial charge in [0.05, 0.1) is 48.2 Å². The van der Waals surface area contributed by atoms with Crippen molar-refractivity contribution in [1.29, 1.82) is 0 Å². The van der Waals surface area contributed by atoms with E-state index in [2.05, 4.69) is 4.90 Å². The minimum atomic E-state index is -0.337. The second-order valence-corrected chi connectivity index (χ2v) is 12.4. The number of ether oxygens (including phenoxy) is 3. The summed E-state index contributed by atoms with van der Waals surface area (Å²) in [5.74, 6) is -0.167. The Morgan fingerprint density at radius 3 is 2.26 bits per heavy atom. The van der Waals surface area contributed by atoms with Crippen molar-refractivity contribution in [3.63, 3.8) is 0 Å². The van der Waals surface area contributed by atoms with Gasteiger partial charge in [-0.15, -0.1) is 0 Å². The number of carbonyl (C=O) groups is 3. The van der Waals surface area contributed by atoms with Crippen molar-refractivity contribution in [3.05, 3.63) is 81.8 Å². The van der Waals surface area contributed by atoms with Crippen LogP contribution in [-0.4, -0.2) is 112 Å². The van der Waals surface area contributed by atoms with Crippen LogP contribution in [0.3, 0.4) is 0 Å². The standard InChI is InChI=1S/C34H36Cl2N4O6/c1-37(32(41)21-40-29-18-27(35)28(36)19-31(29)46-22-33(40)42)30(20-38-9-13-44-14-10-38)24-7-5-23(6-8-24)25-3-2-4-26(17-25)34(43)39-11-15-45-16-12-39/h2-8,17-19,30H,9-16,20-22H2,1H3/t30-/m0/s1. The zero-order valence-electron chi connectivity index (χ0n) is 25.6. The van der Waals surface area contributed by atoms with Gasteiger partial charge in [-0.3, -0.25) is 24.2 Å². The van der Waals surface area contributed by atoms with Gasteiger partial charge in [0, 0.05) is 51.4 Å². The van der Waals surface area contributed by atoms with Crippen LogP contribution in [-0.2, 0) is 19.1 Å². The maximum atomic E-state index is 13.8. The Hall–Kier alpha value is -3.67. The average molecular weight is 668 g/mol. The molecule has 0 bridgehead atoms. The molecule has 12 heteroatoms. The Kier molecular flexibility index (Phi) is 10.1. The molecule has 6 rings (SSSR count). The number of likely N-dealkylation sites (N-methyl/N-ethyl adjacent to an activating group) is 1. The van der Waals surface area contributed by atoms with Crippen molar-refractivity contribution in [1.82, 2.24) is 14.7 Å². The van der Waals surface area contributed by atoms with Crippen molar-refractivity contribution < 1.29 is 28.6 Å². The number of nitrogens with zero attached hydrogens (tertiary/aromatic N) is 4. The van der Waals surface area contributed by atoms with Crippen molar-refractivity contribution >= 4 is 46.6 Å². The van der Waals surface area contributed by atoms with E-state index in [4.69, 9.17) is 37.4 Å². The second-order valence-electron chi connectivity index (χ2n) is 11.5. The Labute approximate surface area is 278 Å². The lowest BCUT2D eigenvalue weighted by Gasteiger charge is -2.37. The van der Waals surface area contributed by atoms with Crippen molar-refractivity contribution in [2.24, 2.45) is 0 Å². The number of halogens is 2. The summed E-state index contributed by atoms with van der Waals surface area (Å²) in [6.07, 6.45) is 0. The molecule has 2 fully saturated rings. The molecule has 2 saturated heterocycles. The van der Waals surface area contributed by atoms with E-state index in [-0.39, 0.29) is 41.9 Å². The summed E-state index contributed by atoms with van der Waals surface area (Å²) >= 11 is 12.4. The molecule has 0 saturated carbocycles. The number of morpholine rings is 2. The molecule has 0 spiro atoms. The molecule has 0 aliphatic carbocycles. The molecular formula is C34H36Cl2N4O6. The minimum absolute atomic E-state index is 0.000718. The highest BCUT2D eigenvalue weighted by Crippen LogP contribution is 2.39. The fourth-order valence-corrected chi connectivity index (χ4v) is 6.26. The van der Waals surface area contributed by atoms with Crippen molar-refractivity contribution in [3.8, 4) is 16.9 Å². The Morgan fingerprint density at radius 2 is 1.54 bits per heavy atom. The third-order valence-corrected chi connectivity index (χ3v) is 9.39. The van der Waals surface area contributed by atoms with Crippen LogP contribution in [0.15, 0.2) is 60.7 Å². The number of amides is 3. The molecular weight excluding hydrogens is 631 g/mol. The van der Waals surface area contributed by atoms with Crippen molar-refractivity contribution in [2.45, 2.75) is 6.04 Å². The van der Waals surface area contributed by atoms with Crippen LogP contribution >= 0.6 is 23.2 Å². The van der Waals surface area contributed by atoms with E-state index in [1.54, 1.807) is 24.1 Å². The molecule has 3 amide bonds. The van der Waals surface area contributed by atoms with Crippen LogP contribution < -0.4 is 9.64 Å². The second kappa shape index (κ2) is 14.4. The van der Waals surface area contributed by atoms with Gasteiger partial charge in [-0.1, -0.05) is 59.6 Å². The third kappa shape index (κ3) is 7.16. The highest BCUT2D eigenvalue weighted by Gasteiger charge is 2.32. The van der Waals surface area contributed by atoms with Gasteiger partial charge in [-0.05, 0) is 34.9 Å². The predicted octanol–water partition coefficient (Wildman–Crippen LogP) is 4.39. The number of benzene rings is 3. The van der Waals surface area contributed by atoms with Gasteiger partial charge < -0.3 is 24.0 Å². The van der Waals surface area contributed by atoms with Crippen molar-refractivity contribution in [2.75, 3.05) is 84.3 Å². The first-order valence-corrected chi connectivity index (χ1v) is 16.1. The molecule has 3 aromatic carbocycles. The largest absolute Gasteiger partial charge is 0.482 e. The van der Waals surface area contributed by atoms with E-state index >= 15 is 0 Å². The molecule has 0 radical (unpaired) electrons. The Balaban J connectivity index is 1.23. The van der Waals surface area contributed by atoms with E-state index < -0.39 is 0 Å². The topological polar surface area (TPSA) is 91.9 Å². The van der Waals surface area contributed by atoms with Gasteiger partial charge in [-0.25, -0.2) is 0 Å². The van der Waals surface area contributed by atoms with Crippen LogP contribution in [0.25, 0.3) is 11.1 Å². The highest BCUT2D eigenvalue weighted by molar-refractivity contribution is 6.42. The van der Waals surface area contributed by atoms with E-state index in [1.807, 2.05) is 53.4 Å². The summed E-state index contributed by atoms with van der Waals surface area (Å²) in [5.41, 5.74) is 3.90. The first-order chi connectivity index (χ1) is 22.3. The maximum Gasteiger partial charge on any atom is 0.265 e. The Morgan fingerprint density at radius 1 is 0.870 bits per heavy atom. The van der Waals surface area contributed by atoms with Gasteiger partial charge in [0.15, 0.2) is 6.61 Å². The zero-order chi connectivity index (χ0) is 32.2. The summed E-state index contributed by atoms with van der Waals surface area (Å²) < 4.78 is 16.5. The van der Waals surface area contributed by atoms with Gasteiger partial charge in [0.25, 0.3) is 11.8 Å². The van der Waals surface area contributed by atoms with Gasteiger partial charge >= 0.3 is 0 Å². The molecule has 0 unspecified atom stereocenters. The number of anilines is 1. The van der Waals surface area contributed by atoms with Gasteiger partial charge in [0.1, 0.15) is 12.3 Å². The Bertz CT molecular complexity index is 1590. The summed E-state index contributed by atoms with van der Waals surface area (Å²) in [4.78, 5) is 47.0. The van der Waals surface area contributed by atoms with E-state index in [9.17, 15) is 14.4 Å². The molecule has 3 aromatic rings. The zero-order valence-corrected chi connectivity index (χ0v) is 27.1. The summed E-state index contributed by atoms with van der Waals surface area (Å²) in [6.45, 7) is 5.28. The quantitative estimate of drug-likeness (QED) is 0.352. The highest BCUT2D eigenvalue weighted by atomic mass is 35.5. The molecule has 1 atom stereocenters. The fourth-order valence-electron chi connectivity index (χ4n) is 5.95. The van der Waals surface area contributed by atoms with Gasteiger partial charge in [0.2, 0.25) is 5.91 Å². The normalized spacial score (nSPS) is 17.7. The number of rotatable bonds is 8. The van der Waals surface area contributed by atoms with Crippen LogP contribution in [0.4, 0.5) is 5.69 Å². The molecule has 242 valence electrons. The van der Waals surface area contributed by atoms with Gasteiger partial charge in [-0.2, -0.15) is 0 Å². The molecule has 10 nitrogen and oxygen atoms in total. The smallest absolute Gasteiger partial charge is 0.265 e.